The minimum Gasteiger partial charge on any atom is -0.496 e. The Kier molecular flexibility index (Phi) is 5.30. The number of rotatable bonds is 3. The van der Waals surface area contributed by atoms with E-state index in [1.54, 1.807) is 26.4 Å². The normalized spacial score (nSPS) is 16.7. The van der Waals surface area contributed by atoms with Gasteiger partial charge < -0.3 is 19.1 Å². The molecule has 166 valence electrons. The fourth-order valence-electron chi connectivity index (χ4n) is 4.93. The number of hydrogen-bond acceptors (Lipinski definition) is 3. The number of carbonyl (C=O) groups is 2. The van der Waals surface area contributed by atoms with Gasteiger partial charge in [-0.2, -0.15) is 0 Å². The first kappa shape index (κ1) is 21.2. The second kappa shape index (κ2) is 8.01. The Hall–Kier alpha value is -2.70. The molecule has 2 aromatic carbocycles. The molecule has 2 amide bonds. The smallest absolute Gasteiger partial charge is 0.256 e. The molecule has 3 aromatic rings. The van der Waals surface area contributed by atoms with Gasteiger partial charge in [0.1, 0.15) is 12.3 Å². The number of piperidine rings is 1. The van der Waals surface area contributed by atoms with Gasteiger partial charge in [-0.15, -0.1) is 0 Å². The van der Waals surface area contributed by atoms with Crippen molar-refractivity contribution in [1.82, 2.24) is 9.47 Å². The third-order valence-electron chi connectivity index (χ3n) is 6.64. The van der Waals surface area contributed by atoms with Crippen molar-refractivity contribution < 1.29 is 14.3 Å². The summed E-state index contributed by atoms with van der Waals surface area (Å²) in [4.78, 5) is 29.4. The average molecular weight is 472 g/mol. The summed E-state index contributed by atoms with van der Waals surface area (Å²) in [6, 6.07) is 9.81. The maximum absolute atomic E-state index is 13.5. The third kappa shape index (κ3) is 3.24. The highest BCUT2D eigenvalue weighted by Crippen LogP contribution is 2.43. The second-order valence-corrected chi connectivity index (χ2v) is 9.13. The maximum atomic E-state index is 13.5. The lowest BCUT2D eigenvalue weighted by atomic mass is 9.88. The van der Waals surface area contributed by atoms with Gasteiger partial charge in [0.05, 0.1) is 33.9 Å². The van der Waals surface area contributed by atoms with Crippen LogP contribution in [0.15, 0.2) is 36.5 Å². The van der Waals surface area contributed by atoms with Crippen LogP contribution in [0.25, 0.3) is 10.9 Å². The first-order valence-corrected chi connectivity index (χ1v) is 11.4. The van der Waals surface area contributed by atoms with E-state index in [0.717, 1.165) is 29.5 Å². The van der Waals surface area contributed by atoms with Gasteiger partial charge in [-0.25, -0.2) is 0 Å². The molecule has 8 heteroatoms. The van der Waals surface area contributed by atoms with Crippen LogP contribution in [0.5, 0.6) is 5.75 Å². The van der Waals surface area contributed by atoms with Crippen LogP contribution in [0, 0.1) is 0 Å². The summed E-state index contributed by atoms with van der Waals surface area (Å²) in [6.07, 6.45) is 3.49. The molecule has 6 nitrogen and oxygen atoms in total. The van der Waals surface area contributed by atoms with Gasteiger partial charge in [-0.05, 0) is 36.5 Å². The van der Waals surface area contributed by atoms with E-state index in [1.807, 2.05) is 27.7 Å². The molecule has 1 fully saturated rings. The number of benzene rings is 2. The fourth-order valence-corrected chi connectivity index (χ4v) is 5.40. The number of para-hydroxylation sites is 1. The number of anilines is 1. The van der Waals surface area contributed by atoms with Gasteiger partial charge in [-0.3, -0.25) is 9.59 Å². The highest BCUT2D eigenvalue weighted by atomic mass is 35.5. The summed E-state index contributed by atoms with van der Waals surface area (Å²) in [5.41, 5.74) is 3.07. The van der Waals surface area contributed by atoms with Crippen molar-refractivity contribution in [2.45, 2.75) is 25.3 Å². The van der Waals surface area contributed by atoms with Crippen molar-refractivity contribution in [1.29, 1.82) is 0 Å². The van der Waals surface area contributed by atoms with Crippen molar-refractivity contribution in [2.24, 2.45) is 0 Å². The lowest BCUT2D eigenvalue weighted by molar-refractivity contribution is -0.119. The number of likely N-dealkylation sites (N-methyl/N-ethyl adjacent to an activating group) is 1. The molecule has 0 saturated carbocycles. The number of nitrogens with zero attached hydrogens (tertiary/aromatic N) is 3. The van der Waals surface area contributed by atoms with E-state index in [2.05, 4.69) is 6.07 Å². The van der Waals surface area contributed by atoms with Gasteiger partial charge in [-0.1, -0.05) is 41.4 Å². The Balaban J connectivity index is 1.45. The van der Waals surface area contributed by atoms with Crippen LogP contribution >= 0.6 is 23.2 Å². The molecule has 0 atom stereocenters. The molecule has 0 N–H and O–H groups in total. The zero-order valence-electron chi connectivity index (χ0n) is 17.9. The van der Waals surface area contributed by atoms with E-state index < -0.39 is 0 Å². The number of halogens is 2. The van der Waals surface area contributed by atoms with Crippen LogP contribution in [0.4, 0.5) is 5.69 Å². The molecule has 2 aliphatic heterocycles. The van der Waals surface area contributed by atoms with Crippen molar-refractivity contribution in [2.75, 3.05) is 32.1 Å². The summed E-state index contributed by atoms with van der Waals surface area (Å²) < 4.78 is 7.33. The predicted octanol–water partition coefficient (Wildman–Crippen LogP) is 4.95. The van der Waals surface area contributed by atoms with E-state index in [4.69, 9.17) is 27.9 Å². The van der Waals surface area contributed by atoms with Crippen molar-refractivity contribution in [3.63, 3.8) is 0 Å². The van der Waals surface area contributed by atoms with Gasteiger partial charge in [0, 0.05) is 31.7 Å². The maximum Gasteiger partial charge on any atom is 0.256 e. The minimum atomic E-state index is -0.102. The zero-order chi connectivity index (χ0) is 22.6. The number of methoxy groups -OCH3 is 1. The Bertz CT molecular complexity index is 1250. The van der Waals surface area contributed by atoms with Crippen molar-refractivity contribution in [3.8, 4) is 5.75 Å². The number of likely N-dealkylation sites (tertiary alicyclic amines) is 1. The number of ether oxygens (including phenoxy) is 1. The van der Waals surface area contributed by atoms with Gasteiger partial charge in [0.2, 0.25) is 5.91 Å². The van der Waals surface area contributed by atoms with Crippen molar-refractivity contribution >= 4 is 51.6 Å². The van der Waals surface area contributed by atoms with Crippen LogP contribution in [0.3, 0.4) is 0 Å². The van der Waals surface area contributed by atoms with Crippen molar-refractivity contribution in [3.05, 3.63) is 57.7 Å². The van der Waals surface area contributed by atoms with Gasteiger partial charge >= 0.3 is 0 Å². The van der Waals surface area contributed by atoms with E-state index in [-0.39, 0.29) is 18.4 Å². The van der Waals surface area contributed by atoms with E-state index in [0.29, 0.717) is 40.3 Å². The standard InChI is InChI=1S/C24H23Cl2N3O3/c1-27-20(30)13-29-12-17(16-11-18(25)21(26)23(27)22(16)29)24(31)28-9-7-14(8-10-28)15-5-3-4-6-19(15)32-2/h3-6,11-12,14H,7-10,13H2,1-2H3. The molecular formula is C24H23Cl2N3O3. The Morgan fingerprint density at radius 2 is 1.88 bits per heavy atom. The van der Waals surface area contributed by atoms with Gasteiger partial charge in [0.25, 0.3) is 5.91 Å². The highest BCUT2D eigenvalue weighted by Gasteiger charge is 2.32. The lowest BCUT2D eigenvalue weighted by Crippen LogP contribution is -2.38. The fraction of sp³-hybridized carbons (Fsp3) is 0.333. The molecule has 0 aliphatic carbocycles. The minimum absolute atomic E-state index is 0.0476. The number of aromatic nitrogens is 1. The van der Waals surface area contributed by atoms with E-state index >= 15 is 0 Å². The summed E-state index contributed by atoms with van der Waals surface area (Å²) in [5, 5.41) is 1.38. The lowest BCUT2D eigenvalue weighted by Gasteiger charge is -2.32. The molecule has 2 aliphatic rings. The molecule has 0 radical (unpaired) electrons. The summed E-state index contributed by atoms with van der Waals surface area (Å²) >= 11 is 12.8. The molecule has 0 spiro atoms. The average Bonchev–Trinajstić information content (AvgIpc) is 3.16. The Morgan fingerprint density at radius 3 is 2.59 bits per heavy atom. The highest BCUT2D eigenvalue weighted by molar-refractivity contribution is 6.46. The first-order valence-electron chi connectivity index (χ1n) is 10.6. The molecular weight excluding hydrogens is 449 g/mol. The topological polar surface area (TPSA) is 54.8 Å². The van der Waals surface area contributed by atoms with Crippen LogP contribution in [0.1, 0.15) is 34.7 Å². The molecule has 1 aromatic heterocycles. The molecule has 0 bridgehead atoms. The monoisotopic (exact) mass is 471 g/mol. The van der Waals surface area contributed by atoms with E-state index in [9.17, 15) is 9.59 Å². The number of amides is 2. The SMILES string of the molecule is COc1ccccc1C1CCN(C(=O)c2cn3c4c(c(Cl)c(Cl)cc24)N(C)C(=O)C3)CC1. The zero-order valence-corrected chi connectivity index (χ0v) is 19.4. The third-order valence-corrected chi connectivity index (χ3v) is 7.41. The summed E-state index contributed by atoms with van der Waals surface area (Å²) in [7, 11) is 3.37. The molecule has 1 saturated heterocycles. The molecule has 5 rings (SSSR count). The quantitative estimate of drug-likeness (QED) is 0.542. The number of carbonyl (C=O) groups excluding carboxylic acids is 2. The predicted molar refractivity (Wildman–Crippen MR) is 126 cm³/mol. The molecule has 3 heterocycles. The Labute approximate surface area is 196 Å². The van der Waals surface area contributed by atoms with Crippen LogP contribution in [0.2, 0.25) is 10.0 Å². The van der Waals surface area contributed by atoms with Crippen LogP contribution in [-0.4, -0.2) is 48.5 Å². The molecule has 32 heavy (non-hydrogen) atoms. The first-order chi connectivity index (χ1) is 15.4. The largest absolute Gasteiger partial charge is 0.496 e. The Morgan fingerprint density at radius 1 is 1.16 bits per heavy atom. The summed E-state index contributed by atoms with van der Waals surface area (Å²) in [5.74, 6) is 1.10. The molecule has 0 unspecified atom stereocenters. The van der Waals surface area contributed by atoms with E-state index in [1.165, 1.54) is 10.5 Å². The van der Waals surface area contributed by atoms with Crippen LogP contribution in [-0.2, 0) is 11.3 Å². The summed E-state index contributed by atoms with van der Waals surface area (Å²) in [6.45, 7) is 1.48. The van der Waals surface area contributed by atoms with Gasteiger partial charge in [0.15, 0.2) is 0 Å². The second-order valence-electron chi connectivity index (χ2n) is 8.35. The van der Waals surface area contributed by atoms with Crippen LogP contribution < -0.4 is 9.64 Å². The number of hydrogen-bond donors (Lipinski definition) is 0.